The number of aryl methyl sites for hydroxylation is 1. The average molecular weight is 343 g/mol. The van der Waals surface area contributed by atoms with Gasteiger partial charge < -0.3 is 20.7 Å². The molecule has 0 fully saturated rings. The van der Waals surface area contributed by atoms with Crippen LogP contribution < -0.4 is 10.5 Å². The predicted octanol–water partition coefficient (Wildman–Crippen LogP) is 3.15. The van der Waals surface area contributed by atoms with Crippen molar-refractivity contribution in [3.63, 3.8) is 0 Å². The Morgan fingerprint density at radius 3 is 2.36 bits per heavy atom. The van der Waals surface area contributed by atoms with E-state index in [2.05, 4.69) is 31.2 Å². The Bertz CT molecular complexity index is 653. The fourth-order valence-electron chi connectivity index (χ4n) is 2.61. The summed E-state index contributed by atoms with van der Waals surface area (Å²) >= 11 is 0. The smallest absolute Gasteiger partial charge is 0.119 e. The molecular formula is C21H29NO3. The van der Waals surface area contributed by atoms with Crippen molar-refractivity contribution in [3.8, 4) is 16.9 Å². The Morgan fingerprint density at radius 1 is 1.00 bits per heavy atom. The highest BCUT2D eigenvalue weighted by Gasteiger charge is 2.22. The first-order valence-electron chi connectivity index (χ1n) is 8.93. The van der Waals surface area contributed by atoms with E-state index in [-0.39, 0.29) is 13.2 Å². The SMILES string of the molecule is CCCCOc1cccc(-c2cccc(CCC(N)(CO)CO)c2)c1. The molecule has 2 rings (SSSR count). The van der Waals surface area contributed by atoms with Crippen LogP contribution in [0.1, 0.15) is 31.7 Å². The average Bonchev–Trinajstić information content (AvgIpc) is 2.67. The van der Waals surface area contributed by atoms with E-state index in [0.29, 0.717) is 12.8 Å². The molecule has 0 heterocycles. The molecule has 0 unspecified atom stereocenters. The van der Waals surface area contributed by atoms with Gasteiger partial charge >= 0.3 is 0 Å². The minimum atomic E-state index is -0.928. The van der Waals surface area contributed by atoms with Crippen molar-refractivity contribution in [1.29, 1.82) is 0 Å². The Morgan fingerprint density at radius 2 is 1.68 bits per heavy atom. The van der Waals surface area contributed by atoms with Crippen LogP contribution in [-0.4, -0.2) is 35.6 Å². The van der Waals surface area contributed by atoms with E-state index in [1.54, 1.807) is 0 Å². The molecule has 2 aromatic rings. The largest absolute Gasteiger partial charge is 0.494 e. The molecule has 0 bridgehead atoms. The van der Waals surface area contributed by atoms with Crippen molar-refractivity contribution >= 4 is 0 Å². The zero-order valence-corrected chi connectivity index (χ0v) is 14.9. The van der Waals surface area contributed by atoms with Gasteiger partial charge in [0.25, 0.3) is 0 Å². The van der Waals surface area contributed by atoms with E-state index in [4.69, 9.17) is 10.5 Å². The van der Waals surface area contributed by atoms with Crippen LogP contribution in [0.3, 0.4) is 0 Å². The number of benzene rings is 2. The maximum absolute atomic E-state index is 9.32. The summed E-state index contributed by atoms with van der Waals surface area (Å²) in [6.45, 7) is 2.44. The molecule has 2 aromatic carbocycles. The fourth-order valence-corrected chi connectivity index (χ4v) is 2.61. The highest BCUT2D eigenvalue weighted by molar-refractivity contribution is 5.65. The van der Waals surface area contributed by atoms with Gasteiger partial charge in [-0.15, -0.1) is 0 Å². The highest BCUT2D eigenvalue weighted by atomic mass is 16.5. The van der Waals surface area contributed by atoms with E-state index < -0.39 is 5.54 Å². The van der Waals surface area contributed by atoms with E-state index in [1.165, 1.54) is 0 Å². The maximum atomic E-state index is 9.32. The summed E-state index contributed by atoms with van der Waals surface area (Å²) in [7, 11) is 0. The molecular weight excluding hydrogens is 314 g/mol. The van der Waals surface area contributed by atoms with Crippen molar-refractivity contribution in [2.45, 2.75) is 38.1 Å². The van der Waals surface area contributed by atoms with Crippen molar-refractivity contribution < 1.29 is 14.9 Å². The lowest BCUT2D eigenvalue weighted by Crippen LogP contribution is -2.47. The molecule has 0 saturated carbocycles. The van der Waals surface area contributed by atoms with E-state index in [1.807, 2.05) is 24.3 Å². The molecule has 0 saturated heterocycles. The van der Waals surface area contributed by atoms with Crippen molar-refractivity contribution in [1.82, 2.24) is 0 Å². The number of nitrogens with two attached hydrogens (primary N) is 1. The Balaban J connectivity index is 2.09. The molecule has 4 nitrogen and oxygen atoms in total. The van der Waals surface area contributed by atoms with Crippen LogP contribution in [0.4, 0.5) is 0 Å². The summed E-state index contributed by atoms with van der Waals surface area (Å²) in [6, 6.07) is 16.4. The summed E-state index contributed by atoms with van der Waals surface area (Å²) < 4.78 is 5.79. The third-order valence-corrected chi connectivity index (χ3v) is 4.40. The first-order chi connectivity index (χ1) is 12.1. The lowest BCUT2D eigenvalue weighted by Gasteiger charge is -2.24. The Labute approximate surface area is 150 Å². The standard InChI is InChI=1S/C21H29NO3/c1-2-3-12-25-20-9-5-8-19(14-20)18-7-4-6-17(13-18)10-11-21(22,15-23)16-24/h4-9,13-14,23-24H,2-3,10-12,15-16,22H2,1H3. The topological polar surface area (TPSA) is 75.7 Å². The third-order valence-electron chi connectivity index (χ3n) is 4.40. The number of hydrogen-bond donors (Lipinski definition) is 3. The van der Waals surface area contributed by atoms with E-state index >= 15 is 0 Å². The summed E-state index contributed by atoms with van der Waals surface area (Å²) in [5.74, 6) is 0.887. The lowest BCUT2D eigenvalue weighted by molar-refractivity contribution is 0.115. The molecule has 25 heavy (non-hydrogen) atoms. The van der Waals surface area contributed by atoms with Crippen LogP contribution in [0.5, 0.6) is 5.75 Å². The first kappa shape index (κ1) is 19.4. The van der Waals surface area contributed by atoms with Crippen LogP contribution in [-0.2, 0) is 6.42 Å². The summed E-state index contributed by atoms with van der Waals surface area (Å²) in [5, 5.41) is 18.6. The first-order valence-corrected chi connectivity index (χ1v) is 8.93. The zero-order valence-electron chi connectivity index (χ0n) is 14.9. The van der Waals surface area contributed by atoms with Gasteiger partial charge in [-0.1, -0.05) is 49.7 Å². The van der Waals surface area contributed by atoms with Crippen LogP contribution >= 0.6 is 0 Å². The highest BCUT2D eigenvalue weighted by Crippen LogP contribution is 2.25. The molecule has 0 aromatic heterocycles. The molecule has 4 heteroatoms. The minimum absolute atomic E-state index is 0.222. The number of ether oxygens (including phenoxy) is 1. The summed E-state index contributed by atoms with van der Waals surface area (Å²) in [5.41, 5.74) is 8.39. The Hall–Kier alpha value is -1.88. The third kappa shape index (κ3) is 5.85. The molecule has 0 spiro atoms. The molecule has 4 N–H and O–H groups in total. The molecule has 0 aliphatic carbocycles. The van der Waals surface area contributed by atoms with Crippen LogP contribution in [0.25, 0.3) is 11.1 Å². The van der Waals surface area contributed by atoms with Crippen LogP contribution in [0, 0.1) is 0 Å². The van der Waals surface area contributed by atoms with Crippen LogP contribution in [0.15, 0.2) is 48.5 Å². The van der Waals surface area contributed by atoms with Gasteiger partial charge in [0.05, 0.1) is 25.4 Å². The normalized spacial score (nSPS) is 11.5. The van der Waals surface area contributed by atoms with Gasteiger partial charge in [-0.05, 0) is 48.1 Å². The van der Waals surface area contributed by atoms with Crippen molar-refractivity contribution in [2.75, 3.05) is 19.8 Å². The number of unbranched alkanes of at least 4 members (excludes halogenated alkanes) is 1. The van der Waals surface area contributed by atoms with Crippen LogP contribution in [0.2, 0.25) is 0 Å². The quantitative estimate of drug-likeness (QED) is 0.579. The Kier molecular flexibility index (Phi) is 7.44. The van der Waals surface area contributed by atoms with Gasteiger partial charge in [-0.2, -0.15) is 0 Å². The molecule has 136 valence electrons. The second kappa shape index (κ2) is 9.56. The van der Waals surface area contributed by atoms with E-state index in [0.717, 1.165) is 41.9 Å². The molecule has 0 aliphatic rings. The second-order valence-electron chi connectivity index (χ2n) is 6.61. The molecule has 0 aliphatic heterocycles. The number of hydrogen-bond acceptors (Lipinski definition) is 4. The minimum Gasteiger partial charge on any atom is -0.494 e. The van der Waals surface area contributed by atoms with Crippen molar-refractivity contribution in [3.05, 3.63) is 54.1 Å². The number of aliphatic hydroxyl groups is 2. The molecule has 0 amide bonds. The van der Waals surface area contributed by atoms with Gasteiger partial charge in [-0.25, -0.2) is 0 Å². The van der Waals surface area contributed by atoms with Gasteiger partial charge in [0, 0.05) is 0 Å². The van der Waals surface area contributed by atoms with Gasteiger partial charge in [0.1, 0.15) is 5.75 Å². The molecule has 0 radical (unpaired) electrons. The second-order valence-corrected chi connectivity index (χ2v) is 6.61. The monoisotopic (exact) mass is 343 g/mol. The van der Waals surface area contributed by atoms with Gasteiger partial charge in [0.2, 0.25) is 0 Å². The maximum Gasteiger partial charge on any atom is 0.119 e. The number of rotatable bonds is 10. The lowest BCUT2D eigenvalue weighted by atomic mass is 9.93. The zero-order chi connectivity index (χ0) is 18.1. The molecule has 0 atom stereocenters. The fraction of sp³-hybridized carbons (Fsp3) is 0.429. The predicted molar refractivity (Wildman–Crippen MR) is 102 cm³/mol. The van der Waals surface area contributed by atoms with Gasteiger partial charge in [0.15, 0.2) is 0 Å². The summed E-state index contributed by atoms with van der Waals surface area (Å²) in [6.07, 6.45) is 3.41. The number of aliphatic hydroxyl groups excluding tert-OH is 2. The van der Waals surface area contributed by atoms with Crippen molar-refractivity contribution in [2.24, 2.45) is 5.73 Å². The summed E-state index contributed by atoms with van der Waals surface area (Å²) in [4.78, 5) is 0. The van der Waals surface area contributed by atoms with Gasteiger partial charge in [-0.3, -0.25) is 0 Å². The van der Waals surface area contributed by atoms with E-state index in [9.17, 15) is 10.2 Å².